The van der Waals surface area contributed by atoms with Crippen LogP contribution in [0.25, 0.3) is 0 Å². The van der Waals surface area contributed by atoms with Crippen LogP contribution >= 0.6 is 22.6 Å². The summed E-state index contributed by atoms with van der Waals surface area (Å²) in [7, 11) is 0. The Kier molecular flexibility index (Phi) is 5.83. The quantitative estimate of drug-likeness (QED) is 0.754. The van der Waals surface area contributed by atoms with E-state index in [0.29, 0.717) is 9.49 Å². The van der Waals surface area contributed by atoms with E-state index in [1.807, 2.05) is 0 Å². The highest BCUT2D eigenvalue weighted by molar-refractivity contribution is 14.1. The molecule has 112 valence electrons. The van der Waals surface area contributed by atoms with Crippen LogP contribution < -0.4 is 15.8 Å². The van der Waals surface area contributed by atoms with E-state index in [4.69, 9.17) is 0 Å². The van der Waals surface area contributed by atoms with Crippen molar-refractivity contribution in [3.63, 3.8) is 0 Å². The molecule has 0 atom stereocenters. The van der Waals surface area contributed by atoms with Crippen LogP contribution in [0.15, 0.2) is 11.1 Å². The summed E-state index contributed by atoms with van der Waals surface area (Å²) >= 11 is 2.08. The molecule has 1 aliphatic heterocycles. The lowest BCUT2D eigenvalue weighted by Crippen LogP contribution is -2.39. The number of nitrogens with zero attached hydrogens (tertiary/aromatic N) is 2. The summed E-state index contributed by atoms with van der Waals surface area (Å²) in [5.74, 6) is 2.28. The predicted octanol–water partition coefficient (Wildman–Crippen LogP) is 1.84. The Balaban J connectivity index is 1.85. The van der Waals surface area contributed by atoms with Gasteiger partial charge in [0.05, 0.1) is 6.33 Å². The van der Waals surface area contributed by atoms with Gasteiger partial charge in [-0.25, -0.2) is 4.98 Å². The first-order valence-electron chi connectivity index (χ1n) is 7.26. The molecule has 5 nitrogen and oxygen atoms in total. The van der Waals surface area contributed by atoms with E-state index >= 15 is 0 Å². The standard InChI is InChI=1S/C14H23IN4O/c1-10(2)7-16-8-11-3-5-19(6-4-11)13-12(15)14(20)18-9-17-13/h9-11,16H,3-8H2,1-2H3,(H,17,18,20). The minimum absolute atomic E-state index is 0.0451. The lowest BCUT2D eigenvalue weighted by Gasteiger charge is -2.33. The van der Waals surface area contributed by atoms with Crippen molar-refractivity contribution in [2.24, 2.45) is 11.8 Å². The highest BCUT2D eigenvalue weighted by atomic mass is 127. The smallest absolute Gasteiger partial charge is 0.266 e. The third kappa shape index (κ3) is 4.18. The van der Waals surface area contributed by atoms with Crippen LogP contribution in [-0.4, -0.2) is 36.1 Å². The summed E-state index contributed by atoms with van der Waals surface area (Å²) in [6.07, 6.45) is 3.82. The number of H-pyrrole nitrogens is 1. The van der Waals surface area contributed by atoms with Gasteiger partial charge in [0, 0.05) is 13.1 Å². The van der Waals surface area contributed by atoms with Gasteiger partial charge in [-0.3, -0.25) is 4.79 Å². The van der Waals surface area contributed by atoms with Gasteiger partial charge in [0.25, 0.3) is 5.56 Å². The second kappa shape index (κ2) is 7.40. The number of aromatic nitrogens is 2. The van der Waals surface area contributed by atoms with Crippen molar-refractivity contribution in [1.29, 1.82) is 0 Å². The predicted molar refractivity (Wildman–Crippen MR) is 90.2 cm³/mol. The molecule has 0 aromatic carbocycles. The maximum Gasteiger partial charge on any atom is 0.266 e. The Hall–Kier alpha value is -0.630. The zero-order valence-electron chi connectivity index (χ0n) is 12.2. The summed E-state index contributed by atoms with van der Waals surface area (Å²) in [4.78, 5) is 20.8. The van der Waals surface area contributed by atoms with E-state index in [-0.39, 0.29) is 5.56 Å². The van der Waals surface area contributed by atoms with Crippen LogP contribution in [-0.2, 0) is 0 Å². The third-order valence-electron chi connectivity index (χ3n) is 3.68. The van der Waals surface area contributed by atoms with Crippen molar-refractivity contribution >= 4 is 28.4 Å². The molecule has 0 radical (unpaired) electrons. The normalized spacial score (nSPS) is 16.9. The van der Waals surface area contributed by atoms with Gasteiger partial charge in [0.1, 0.15) is 9.39 Å². The van der Waals surface area contributed by atoms with Gasteiger partial charge in [0.2, 0.25) is 0 Å². The average Bonchev–Trinajstić information content (AvgIpc) is 2.42. The van der Waals surface area contributed by atoms with E-state index in [1.54, 1.807) is 0 Å². The summed E-state index contributed by atoms with van der Waals surface area (Å²) in [6.45, 7) is 8.63. The number of hydrogen-bond acceptors (Lipinski definition) is 4. The average molecular weight is 390 g/mol. The zero-order valence-corrected chi connectivity index (χ0v) is 14.3. The first-order valence-corrected chi connectivity index (χ1v) is 8.34. The summed E-state index contributed by atoms with van der Waals surface area (Å²) in [5.41, 5.74) is -0.0451. The van der Waals surface area contributed by atoms with Crippen LogP contribution in [0.4, 0.5) is 5.82 Å². The van der Waals surface area contributed by atoms with E-state index in [1.165, 1.54) is 6.33 Å². The fraction of sp³-hybridized carbons (Fsp3) is 0.714. The van der Waals surface area contributed by atoms with Crippen molar-refractivity contribution in [3.05, 3.63) is 20.3 Å². The zero-order chi connectivity index (χ0) is 14.5. The maximum atomic E-state index is 11.6. The van der Waals surface area contributed by atoms with E-state index in [0.717, 1.165) is 50.8 Å². The Bertz CT molecular complexity index is 480. The highest BCUT2D eigenvalue weighted by Gasteiger charge is 2.22. The van der Waals surface area contributed by atoms with Gasteiger partial charge in [0.15, 0.2) is 0 Å². The molecule has 0 spiro atoms. The monoisotopic (exact) mass is 390 g/mol. The van der Waals surface area contributed by atoms with E-state index in [2.05, 4.69) is 56.6 Å². The summed E-state index contributed by atoms with van der Waals surface area (Å²) in [6, 6.07) is 0. The molecule has 20 heavy (non-hydrogen) atoms. The van der Waals surface area contributed by atoms with Crippen LogP contribution in [0.2, 0.25) is 0 Å². The number of nitrogens with one attached hydrogen (secondary N) is 2. The summed E-state index contributed by atoms with van der Waals surface area (Å²) in [5, 5.41) is 3.54. The van der Waals surface area contributed by atoms with Gasteiger partial charge in [-0.15, -0.1) is 0 Å². The second-order valence-electron chi connectivity index (χ2n) is 5.85. The number of rotatable bonds is 5. The van der Waals surface area contributed by atoms with E-state index < -0.39 is 0 Å². The minimum Gasteiger partial charge on any atom is -0.355 e. The van der Waals surface area contributed by atoms with Crippen LogP contribution in [0.1, 0.15) is 26.7 Å². The van der Waals surface area contributed by atoms with Crippen molar-refractivity contribution in [1.82, 2.24) is 15.3 Å². The molecule has 2 rings (SSSR count). The molecule has 1 aromatic rings. The number of halogens is 1. The molecule has 0 amide bonds. The molecule has 2 N–H and O–H groups in total. The third-order valence-corrected chi connectivity index (χ3v) is 4.65. The Morgan fingerprint density at radius 3 is 2.85 bits per heavy atom. The molecule has 6 heteroatoms. The number of piperidine rings is 1. The van der Waals surface area contributed by atoms with Gasteiger partial charge >= 0.3 is 0 Å². The molecule has 0 saturated carbocycles. The molecule has 0 aliphatic carbocycles. The summed E-state index contributed by atoms with van der Waals surface area (Å²) < 4.78 is 0.696. The van der Waals surface area contributed by atoms with Crippen molar-refractivity contribution < 1.29 is 0 Å². The van der Waals surface area contributed by atoms with Gasteiger partial charge in [-0.2, -0.15) is 0 Å². The van der Waals surface area contributed by atoms with Crippen LogP contribution in [0, 0.1) is 15.4 Å². The number of hydrogen-bond donors (Lipinski definition) is 2. The molecule has 0 bridgehead atoms. The first-order chi connectivity index (χ1) is 9.58. The maximum absolute atomic E-state index is 11.6. The molecular weight excluding hydrogens is 367 g/mol. The second-order valence-corrected chi connectivity index (χ2v) is 6.93. The molecule has 1 fully saturated rings. The SMILES string of the molecule is CC(C)CNCC1CCN(c2nc[nH]c(=O)c2I)CC1. The number of aromatic amines is 1. The number of anilines is 1. The lowest BCUT2D eigenvalue weighted by molar-refractivity contribution is 0.372. The molecule has 1 aliphatic rings. The molecule has 1 saturated heterocycles. The Labute approximate surface area is 133 Å². The van der Waals surface area contributed by atoms with Gasteiger partial charge < -0.3 is 15.2 Å². The lowest BCUT2D eigenvalue weighted by atomic mass is 9.96. The van der Waals surface area contributed by atoms with Crippen LogP contribution in [0.5, 0.6) is 0 Å². The largest absolute Gasteiger partial charge is 0.355 e. The van der Waals surface area contributed by atoms with Gasteiger partial charge in [-0.1, -0.05) is 13.8 Å². The Morgan fingerprint density at radius 2 is 2.20 bits per heavy atom. The fourth-order valence-corrected chi connectivity index (χ4v) is 3.16. The van der Waals surface area contributed by atoms with Crippen molar-refractivity contribution in [3.8, 4) is 0 Å². The molecule has 0 unspecified atom stereocenters. The molecule has 2 heterocycles. The van der Waals surface area contributed by atoms with Crippen molar-refractivity contribution in [2.75, 3.05) is 31.1 Å². The topological polar surface area (TPSA) is 61.0 Å². The highest BCUT2D eigenvalue weighted by Crippen LogP contribution is 2.23. The van der Waals surface area contributed by atoms with E-state index in [9.17, 15) is 4.79 Å². The fourth-order valence-electron chi connectivity index (χ4n) is 2.52. The Morgan fingerprint density at radius 1 is 1.50 bits per heavy atom. The molecule has 1 aromatic heterocycles. The minimum atomic E-state index is -0.0451. The van der Waals surface area contributed by atoms with Gasteiger partial charge in [-0.05, 0) is 60.4 Å². The van der Waals surface area contributed by atoms with Crippen molar-refractivity contribution in [2.45, 2.75) is 26.7 Å². The molecular formula is C14H23IN4O. The first kappa shape index (κ1) is 15.8. The van der Waals surface area contributed by atoms with Crippen LogP contribution in [0.3, 0.4) is 0 Å².